The second-order valence-corrected chi connectivity index (χ2v) is 9.91. The highest BCUT2D eigenvalue weighted by atomic mass is 16.5. The van der Waals surface area contributed by atoms with Gasteiger partial charge in [-0.3, -0.25) is 9.59 Å². The van der Waals surface area contributed by atoms with Gasteiger partial charge in [-0.25, -0.2) is 0 Å². The smallest absolute Gasteiger partial charge is 0.197 e. The van der Waals surface area contributed by atoms with E-state index < -0.39 is 11.5 Å². The lowest BCUT2D eigenvalue weighted by molar-refractivity contribution is 0.0844. The zero-order chi connectivity index (χ0) is 30.4. The molecule has 1 aromatic heterocycles. The lowest BCUT2D eigenvalue weighted by atomic mass is 9.92. The molecule has 0 radical (unpaired) electrons. The quantitative estimate of drug-likeness (QED) is 0.219. The van der Waals surface area contributed by atoms with Crippen LogP contribution in [-0.4, -0.2) is 42.4 Å². The summed E-state index contributed by atoms with van der Waals surface area (Å²) in [4.78, 5) is 26.3. The first-order valence-electron chi connectivity index (χ1n) is 13.2. The molecule has 1 aliphatic heterocycles. The molecule has 43 heavy (non-hydrogen) atoms. The number of benzene rings is 4. The van der Waals surface area contributed by atoms with E-state index in [2.05, 4.69) is 0 Å². The first kappa shape index (κ1) is 27.5. The van der Waals surface area contributed by atoms with E-state index >= 15 is 0 Å². The second kappa shape index (κ2) is 10.6. The number of Topliss-reactive ketones (excluding diaryl/α,β-unsaturated/α-hetero) is 1. The van der Waals surface area contributed by atoms with Crippen molar-refractivity contribution >= 4 is 16.8 Å². The summed E-state index contributed by atoms with van der Waals surface area (Å²) < 4.78 is 28.4. The standard InChI is InChI=1S/C33H26O10/c1-39-18-7-4-16(5-8-18)26-14-24(37)32-25(38)15-28(41-3)30(33(32)43-26)20-10-17(6-9-21(20)34)27-13-23(36)31-22(35)11-19(40-2)12-29(31)42-27/h4-12,14-15,27,34-35,38H,13H2,1-3H3/t27-/m0/s1. The minimum atomic E-state index is -0.776. The molecule has 0 saturated heterocycles. The van der Waals surface area contributed by atoms with Gasteiger partial charge in [-0.15, -0.1) is 0 Å². The molecular weight excluding hydrogens is 556 g/mol. The van der Waals surface area contributed by atoms with E-state index in [0.717, 1.165) is 0 Å². The molecule has 5 aromatic rings. The first-order valence-corrected chi connectivity index (χ1v) is 13.2. The number of phenolic OH excluding ortho intramolecular Hbond substituents is 3. The number of fused-ring (bicyclic) bond motifs is 2. The van der Waals surface area contributed by atoms with Gasteiger partial charge in [-0.1, -0.05) is 6.07 Å². The Kier molecular flexibility index (Phi) is 6.81. The van der Waals surface area contributed by atoms with Crippen molar-refractivity contribution in [1.29, 1.82) is 0 Å². The van der Waals surface area contributed by atoms with Crippen LogP contribution in [0.2, 0.25) is 0 Å². The summed E-state index contributed by atoms with van der Waals surface area (Å²) in [5.41, 5.74) is 1.08. The van der Waals surface area contributed by atoms with Gasteiger partial charge >= 0.3 is 0 Å². The number of rotatable bonds is 6. The van der Waals surface area contributed by atoms with E-state index in [4.69, 9.17) is 23.4 Å². The molecule has 10 heteroatoms. The molecule has 0 spiro atoms. The van der Waals surface area contributed by atoms with E-state index in [1.54, 1.807) is 43.5 Å². The number of methoxy groups -OCH3 is 3. The normalized spacial score (nSPS) is 14.2. The van der Waals surface area contributed by atoms with Gasteiger partial charge in [-0.05, 0) is 42.0 Å². The minimum absolute atomic E-state index is 0.0109. The molecule has 4 aromatic carbocycles. The fourth-order valence-electron chi connectivity index (χ4n) is 5.28. The van der Waals surface area contributed by atoms with E-state index in [1.165, 1.54) is 44.6 Å². The Morgan fingerprint density at radius 2 is 1.49 bits per heavy atom. The van der Waals surface area contributed by atoms with Gasteiger partial charge in [0.15, 0.2) is 16.8 Å². The predicted molar refractivity (Wildman–Crippen MR) is 157 cm³/mol. The molecule has 1 aliphatic rings. The van der Waals surface area contributed by atoms with Crippen LogP contribution < -0.4 is 24.4 Å². The van der Waals surface area contributed by atoms with Gasteiger partial charge < -0.3 is 38.7 Å². The second-order valence-electron chi connectivity index (χ2n) is 9.91. The summed E-state index contributed by atoms with van der Waals surface area (Å²) in [6.45, 7) is 0. The Hall–Kier alpha value is -5.64. The van der Waals surface area contributed by atoms with Gasteiger partial charge in [0.25, 0.3) is 0 Å². The highest BCUT2D eigenvalue weighted by Gasteiger charge is 2.32. The van der Waals surface area contributed by atoms with Crippen LogP contribution in [0.5, 0.6) is 40.2 Å². The van der Waals surface area contributed by atoms with Crippen LogP contribution in [0.4, 0.5) is 0 Å². The van der Waals surface area contributed by atoms with Crippen molar-refractivity contribution in [2.24, 2.45) is 0 Å². The molecule has 1 atom stereocenters. The molecule has 0 bridgehead atoms. The number of hydrogen-bond donors (Lipinski definition) is 3. The third-order valence-electron chi connectivity index (χ3n) is 7.41. The highest BCUT2D eigenvalue weighted by Crippen LogP contribution is 2.47. The highest BCUT2D eigenvalue weighted by molar-refractivity contribution is 6.03. The SMILES string of the molecule is COc1ccc(-c2cc(=O)c3c(O)cc(OC)c(-c4cc([C@@H]5CC(=O)c6c(O)cc(OC)cc6O5)ccc4O)c3o2)cc1. The molecule has 0 unspecified atom stereocenters. The maximum atomic E-state index is 13.3. The molecule has 6 rings (SSSR count). The van der Waals surface area contributed by atoms with Crippen LogP contribution in [0.3, 0.4) is 0 Å². The van der Waals surface area contributed by atoms with Gasteiger partial charge in [0.2, 0.25) is 0 Å². The third kappa shape index (κ3) is 4.72. The minimum Gasteiger partial charge on any atom is -0.507 e. The number of ether oxygens (including phenoxy) is 4. The zero-order valence-electron chi connectivity index (χ0n) is 23.3. The van der Waals surface area contributed by atoms with Crippen LogP contribution in [0.15, 0.2) is 75.9 Å². The molecule has 0 amide bonds. The van der Waals surface area contributed by atoms with Gasteiger partial charge in [0.05, 0.1) is 33.3 Å². The van der Waals surface area contributed by atoms with Crippen LogP contribution in [0.1, 0.15) is 28.4 Å². The summed E-state index contributed by atoms with van der Waals surface area (Å²) in [7, 11) is 4.36. The molecule has 3 N–H and O–H groups in total. The number of phenols is 3. The monoisotopic (exact) mass is 582 g/mol. The summed E-state index contributed by atoms with van der Waals surface area (Å²) in [5, 5.41) is 32.1. The third-order valence-corrected chi connectivity index (χ3v) is 7.41. The lowest BCUT2D eigenvalue weighted by Gasteiger charge is -2.27. The first-order chi connectivity index (χ1) is 20.7. The van der Waals surface area contributed by atoms with Crippen LogP contribution in [0.25, 0.3) is 33.4 Å². The Bertz CT molecular complexity index is 1960. The van der Waals surface area contributed by atoms with E-state index in [9.17, 15) is 24.9 Å². The number of carbonyl (C=O) groups is 1. The topological polar surface area (TPSA) is 145 Å². The molecule has 2 heterocycles. The molecular formula is C33H26O10. The van der Waals surface area contributed by atoms with Crippen molar-refractivity contribution < 1.29 is 43.5 Å². The lowest BCUT2D eigenvalue weighted by Crippen LogP contribution is -2.20. The van der Waals surface area contributed by atoms with Crippen LogP contribution in [-0.2, 0) is 0 Å². The van der Waals surface area contributed by atoms with Crippen molar-refractivity contribution in [2.45, 2.75) is 12.5 Å². The molecule has 10 nitrogen and oxygen atoms in total. The summed E-state index contributed by atoms with van der Waals surface area (Å²) in [6.07, 6.45) is -0.858. The molecule has 218 valence electrons. The fraction of sp³-hybridized carbons (Fsp3) is 0.152. The number of ketones is 1. The maximum Gasteiger partial charge on any atom is 0.197 e. The molecule has 0 fully saturated rings. The summed E-state index contributed by atoms with van der Waals surface area (Å²) in [5.74, 6) is 0.351. The number of carbonyl (C=O) groups excluding carboxylic acids is 1. The average molecular weight is 583 g/mol. The van der Waals surface area contributed by atoms with E-state index in [1.807, 2.05) is 0 Å². The van der Waals surface area contributed by atoms with Crippen molar-refractivity contribution in [2.75, 3.05) is 21.3 Å². The molecule has 0 aliphatic carbocycles. The zero-order valence-corrected chi connectivity index (χ0v) is 23.3. The maximum absolute atomic E-state index is 13.3. The summed E-state index contributed by atoms with van der Waals surface area (Å²) >= 11 is 0. The van der Waals surface area contributed by atoms with E-state index in [-0.39, 0.29) is 74.4 Å². The van der Waals surface area contributed by atoms with Crippen molar-refractivity contribution in [3.63, 3.8) is 0 Å². The number of aromatic hydroxyl groups is 3. The Labute approximate surface area is 244 Å². The van der Waals surface area contributed by atoms with Gasteiger partial charge in [0.1, 0.15) is 63.1 Å². The van der Waals surface area contributed by atoms with Crippen LogP contribution in [0, 0.1) is 0 Å². The molecule has 0 saturated carbocycles. The largest absolute Gasteiger partial charge is 0.507 e. The van der Waals surface area contributed by atoms with E-state index in [0.29, 0.717) is 22.6 Å². The Balaban J connectivity index is 1.52. The number of hydrogen-bond acceptors (Lipinski definition) is 10. The Morgan fingerprint density at radius 1 is 0.744 bits per heavy atom. The van der Waals surface area contributed by atoms with Crippen molar-refractivity contribution in [1.82, 2.24) is 0 Å². The van der Waals surface area contributed by atoms with Crippen LogP contribution >= 0.6 is 0 Å². The van der Waals surface area contributed by atoms with Crippen molar-refractivity contribution in [3.8, 4) is 62.7 Å². The van der Waals surface area contributed by atoms with Gasteiger partial charge in [-0.2, -0.15) is 0 Å². The predicted octanol–water partition coefficient (Wildman–Crippen LogP) is 5.98. The van der Waals surface area contributed by atoms with Gasteiger partial charge in [0, 0.05) is 35.4 Å². The van der Waals surface area contributed by atoms with Crippen molar-refractivity contribution in [3.05, 3.63) is 88.1 Å². The fourth-order valence-corrected chi connectivity index (χ4v) is 5.28. The Morgan fingerprint density at radius 3 is 2.19 bits per heavy atom. The average Bonchev–Trinajstić information content (AvgIpc) is 3.00. The summed E-state index contributed by atoms with van der Waals surface area (Å²) in [6, 6.07) is 16.9.